The Hall–Kier alpha value is -3.24. The van der Waals surface area contributed by atoms with Gasteiger partial charge in [0.1, 0.15) is 11.6 Å². The fourth-order valence-corrected chi connectivity index (χ4v) is 4.59. The quantitative estimate of drug-likeness (QED) is 0.566. The van der Waals surface area contributed by atoms with Crippen LogP contribution in [0.4, 0.5) is 5.69 Å². The van der Waals surface area contributed by atoms with Gasteiger partial charge in [-0.05, 0) is 61.4 Å². The number of amides is 1. The fourth-order valence-electron chi connectivity index (χ4n) is 3.61. The van der Waals surface area contributed by atoms with Crippen LogP contribution in [0.5, 0.6) is 5.75 Å². The molecule has 9 nitrogen and oxygen atoms in total. The molecule has 1 amide bonds. The Bertz CT molecular complexity index is 1190. The summed E-state index contributed by atoms with van der Waals surface area (Å²) in [5.41, 5.74) is 1.49. The minimum Gasteiger partial charge on any atom is -0.497 e. The molecule has 0 saturated carbocycles. The van der Waals surface area contributed by atoms with Crippen molar-refractivity contribution in [3.63, 3.8) is 0 Å². The number of aromatic nitrogens is 3. The highest BCUT2D eigenvalue weighted by atomic mass is 32.2. The lowest BCUT2D eigenvalue weighted by Crippen LogP contribution is -2.32. The van der Waals surface area contributed by atoms with Crippen LogP contribution in [0, 0.1) is 0 Å². The largest absolute Gasteiger partial charge is 0.497 e. The Morgan fingerprint density at radius 3 is 2.50 bits per heavy atom. The zero-order chi connectivity index (χ0) is 22.6. The van der Waals surface area contributed by atoms with Crippen LogP contribution in [-0.4, -0.2) is 42.7 Å². The predicted octanol–water partition coefficient (Wildman–Crippen LogP) is 2.60. The van der Waals surface area contributed by atoms with Crippen molar-refractivity contribution in [2.24, 2.45) is 0 Å². The molecule has 0 fully saturated rings. The van der Waals surface area contributed by atoms with Crippen LogP contribution < -0.4 is 14.8 Å². The topological polar surface area (TPSA) is 115 Å². The van der Waals surface area contributed by atoms with Crippen LogP contribution in [0.1, 0.15) is 25.1 Å². The lowest BCUT2D eigenvalue weighted by molar-refractivity contribution is -0.115. The molecule has 168 valence electrons. The van der Waals surface area contributed by atoms with Crippen molar-refractivity contribution in [3.05, 3.63) is 54.4 Å². The number of methoxy groups -OCH3 is 1. The summed E-state index contributed by atoms with van der Waals surface area (Å²) in [5, 5.41) is 11.4. The third-order valence-corrected chi connectivity index (χ3v) is 6.75. The van der Waals surface area contributed by atoms with Gasteiger partial charge < -0.3 is 14.6 Å². The highest BCUT2D eigenvalue weighted by Gasteiger charge is 2.17. The first kappa shape index (κ1) is 22.0. The number of benzene rings is 2. The van der Waals surface area contributed by atoms with Crippen molar-refractivity contribution < 1.29 is 17.9 Å². The summed E-state index contributed by atoms with van der Waals surface area (Å²) in [6.07, 6.45) is 4.37. The number of fused-ring (bicyclic) bond motifs is 1. The van der Waals surface area contributed by atoms with Crippen molar-refractivity contribution in [3.8, 4) is 17.1 Å². The molecule has 0 spiro atoms. The summed E-state index contributed by atoms with van der Waals surface area (Å²) >= 11 is 0. The predicted molar refractivity (Wildman–Crippen MR) is 120 cm³/mol. The van der Waals surface area contributed by atoms with Crippen molar-refractivity contribution in [1.29, 1.82) is 0 Å². The second kappa shape index (κ2) is 9.49. The van der Waals surface area contributed by atoms with Crippen LogP contribution in [0.2, 0.25) is 0 Å². The molecule has 4 rings (SSSR count). The Kier molecular flexibility index (Phi) is 6.52. The van der Waals surface area contributed by atoms with Gasteiger partial charge in [-0.2, -0.15) is 0 Å². The molecular formula is C22H25N5O4S. The first-order valence-electron chi connectivity index (χ1n) is 10.4. The van der Waals surface area contributed by atoms with Gasteiger partial charge in [0.25, 0.3) is 0 Å². The second-order valence-electron chi connectivity index (χ2n) is 7.53. The van der Waals surface area contributed by atoms with Gasteiger partial charge in [0, 0.05) is 24.2 Å². The van der Waals surface area contributed by atoms with Gasteiger partial charge in [0.2, 0.25) is 15.9 Å². The maximum atomic E-state index is 12.4. The summed E-state index contributed by atoms with van der Waals surface area (Å²) in [7, 11) is -2.31. The number of hydrogen-bond donors (Lipinski definition) is 2. The van der Waals surface area contributed by atoms with E-state index in [-0.39, 0.29) is 11.4 Å². The lowest BCUT2D eigenvalue weighted by Gasteiger charge is -2.10. The molecule has 10 heteroatoms. The van der Waals surface area contributed by atoms with Gasteiger partial charge in [-0.1, -0.05) is 6.42 Å². The molecule has 1 aliphatic heterocycles. The van der Waals surface area contributed by atoms with E-state index in [4.69, 9.17) is 4.74 Å². The first-order valence-corrected chi connectivity index (χ1v) is 11.9. The highest BCUT2D eigenvalue weighted by molar-refractivity contribution is 7.89. The SMILES string of the molecule is COc1ccc(S(=O)(=O)NCC(=O)Nc2ccc(-c3nnc4n3CCCCC4)cc2)cc1. The van der Waals surface area contributed by atoms with Crippen molar-refractivity contribution in [1.82, 2.24) is 19.5 Å². The molecule has 0 atom stereocenters. The smallest absolute Gasteiger partial charge is 0.241 e. The molecule has 2 N–H and O–H groups in total. The maximum absolute atomic E-state index is 12.4. The highest BCUT2D eigenvalue weighted by Crippen LogP contribution is 2.24. The molecule has 32 heavy (non-hydrogen) atoms. The zero-order valence-electron chi connectivity index (χ0n) is 17.7. The van der Waals surface area contributed by atoms with Gasteiger partial charge in [-0.3, -0.25) is 4.79 Å². The van der Waals surface area contributed by atoms with E-state index in [9.17, 15) is 13.2 Å². The van der Waals surface area contributed by atoms with Crippen molar-refractivity contribution >= 4 is 21.6 Å². The summed E-state index contributed by atoms with van der Waals surface area (Å²) in [6.45, 7) is 0.526. The van der Waals surface area contributed by atoms with Crippen molar-refractivity contribution in [2.45, 2.75) is 37.1 Å². The Balaban J connectivity index is 1.36. The zero-order valence-corrected chi connectivity index (χ0v) is 18.6. The number of aryl methyl sites for hydroxylation is 1. The number of anilines is 1. The third kappa shape index (κ3) is 4.97. The number of carbonyl (C=O) groups excluding carboxylic acids is 1. The summed E-state index contributed by atoms with van der Waals surface area (Å²) in [6, 6.07) is 13.2. The van der Waals surface area contributed by atoms with Crippen LogP contribution in [0.25, 0.3) is 11.4 Å². The fraction of sp³-hybridized carbons (Fsp3) is 0.318. The molecule has 2 heterocycles. The van der Waals surface area contributed by atoms with E-state index in [0.29, 0.717) is 11.4 Å². The minimum absolute atomic E-state index is 0.0582. The van der Waals surface area contributed by atoms with Crippen LogP contribution in [0.15, 0.2) is 53.4 Å². The Labute approximate surface area is 186 Å². The molecule has 0 bridgehead atoms. The average Bonchev–Trinajstić information content (AvgIpc) is 3.06. The van der Waals surface area contributed by atoms with Crippen LogP contribution in [-0.2, 0) is 27.8 Å². The van der Waals surface area contributed by atoms with Crippen LogP contribution >= 0.6 is 0 Å². The number of nitrogens with one attached hydrogen (secondary N) is 2. The maximum Gasteiger partial charge on any atom is 0.241 e. The third-order valence-electron chi connectivity index (χ3n) is 5.33. The normalized spacial score (nSPS) is 13.8. The number of ether oxygens (including phenoxy) is 1. The van der Waals surface area contributed by atoms with E-state index in [0.717, 1.165) is 43.0 Å². The van der Waals surface area contributed by atoms with Gasteiger partial charge in [-0.15, -0.1) is 10.2 Å². The van der Waals surface area contributed by atoms with Crippen LogP contribution in [0.3, 0.4) is 0 Å². The second-order valence-corrected chi connectivity index (χ2v) is 9.29. The van der Waals surface area contributed by atoms with Gasteiger partial charge in [0.15, 0.2) is 5.82 Å². The molecule has 1 aromatic heterocycles. The molecule has 0 aliphatic carbocycles. The number of carbonyl (C=O) groups is 1. The van der Waals surface area contributed by atoms with Gasteiger partial charge in [0.05, 0.1) is 18.6 Å². The van der Waals surface area contributed by atoms with E-state index < -0.39 is 15.9 Å². The van der Waals surface area contributed by atoms with E-state index in [1.54, 1.807) is 24.3 Å². The molecule has 0 unspecified atom stereocenters. The summed E-state index contributed by atoms with van der Waals surface area (Å²) < 4.78 is 34.2. The van der Waals surface area contributed by atoms with E-state index >= 15 is 0 Å². The Morgan fingerprint density at radius 1 is 1.03 bits per heavy atom. The first-order chi connectivity index (χ1) is 15.5. The van der Waals surface area contributed by atoms with Crippen molar-refractivity contribution in [2.75, 3.05) is 19.0 Å². The standard InChI is InChI=1S/C22H25N5O4S/c1-31-18-10-12-19(13-11-18)32(29,30)23-15-21(28)24-17-8-6-16(7-9-17)22-26-25-20-5-3-2-4-14-27(20)22/h6-13,23H,2-5,14-15H2,1H3,(H,24,28). The molecule has 0 saturated heterocycles. The molecule has 1 aliphatic rings. The Morgan fingerprint density at radius 2 is 1.78 bits per heavy atom. The van der Waals surface area contributed by atoms with E-state index in [2.05, 4.69) is 24.8 Å². The van der Waals surface area contributed by atoms with E-state index in [1.807, 2.05) is 12.1 Å². The molecule has 2 aromatic carbocycles. The van der Waals surface area contributed by atoms with E-state index in [1.165, 1.54) is 25.7 Å². The molecule has 3 aromatic rings. The molecular weight excluding hydrogens is 430 g/mol. The van der Waals surface area contributed by atoms with Gasteiger partial charge in [-0.25, -0.2) is 13.1 Å². The molecule has 0 radical (unpaired) electrons. The summed E-state index contributed by atoms with van der Waals surface area (Å²) in [5.74, 6) is 1.92. The number of nitrogens with zero attached hydrogens (tertiary/aromatic N) is 3. The number of sulfonamides is 1. The summed E-state index contributed by atoms with van der Waals surface area (Å²) in [4.78, 5) is 12.3. The lowest BCUT2D eigenvalue weighted by atomic mass is 10.2. The minimum atomic E-state index is -3.81. The van der Waals surface area contributed by atoms with Gasteiger partial charge >= 0.3 is 0 Å². The monoisotopic (exact) mass is 455 g/mol. The number of rotatable bonds is 7. The number of hydrogen-bond acceptors (Lipinski definition) is 6. The average molecular weight is 456 g/mol.